The molecule has 0 aliphatic rings. The number of rotatable bonds is 5. The van der Waals surface area contributed by atoms with E-state index in [-0.39, 0.29) is 22.3 Å². The topological polar surface area (TPSA) is 20.2 Å². The molecule has 1 nitrogen and oxygen atoms in total. The molecule has 0 heterocycles. The van der Waals surface area contributed by atoms with E-state index in [9.17, 15) is 5.11 Å². The lowest BCUT2D eigenvalue weighted by Gasteiger charge is -2.56. The molecule has 1 radical (unpaired) electrons. The second-order valence-corrected chi connectivity index (χ2v) is 7.33. The quantitative estimate of drug-likeness (QED) is 0.730. The monoisotopic (exact) mass is 241 g/mol. The van der Waals surface area contributed by atoms with Crippen LogP contribution in [0.2, 0.25) is 0 Å². The van der Waals surface area contributed by atoms with Crippen molar-refractivity contribution in [1.29, 1.82) is 0 Å². The van der Waals surface area contributed by atoms with Crippen LogP contribution in [0.15, 0.2) is 0 Å². The maximum atomic E-state index is 10.7. The Labute approximate surface area is 109 Å². The highest BCUT2D eigenvalue weighted by atomic mass is 16.3. The molecule has 0 bridgehead atoms. The molecule has 0 aliphatic carbocycles. The summed E-state index contributed by atoms with van der Waals surface area (Å²) in [6.45, 7) is 17.9. The first-order valence-corrected chi connectivity index (χ1v) is 7.00. The van der Waals surface area contributed by atoms with Crippen molar-refractivity contribution in [1.82, 2.24) is 0 Å². The van der Waals surface area contributed by atoms with E-state index in [0.29, 0.717) is 0 Å². The van der Waals surface area contributed by atoms with E-state index in [0.717, 1.165) is 19.3 Å². The van der Waals surface area contributed by atoms with E-state index in [1.54, 1.807) is 0 Å². The summed E-state index contributed by atoms with van der Waals surface area (Å²) in [5.74, 6) is 0. The molecule has 0 fully saturated rings. The minimum atomic E-state index is -0.233. The Kier molecular flexibility index (Phi) is 5.72. The first kappa shape index (κ1) is 17.0. The maximum absolute atomic E-state index is 10.7. The van der Waals surface area contributed by atoms with Crippen molar-refractivity contribution < 1.29 is 5.11 Å². The number of unbranched alkanes of at least 4 members (excludes halogenated alkanes) is 1. The lowest BCUT2D eigenvalue weighted by Crippen LogP contribution is -2.54. The lowest BCUT2D eigenvalue weighted by molar-refractivity contribution is -0.134. The molecule has 1 N–H and O–H groups in total. The Morgan fingerprint density at radius 1 is 1.00 bits per heavy atom. The largest absolute Gasteiger partial charge is 0.393 e. The highest BCUT2D eigenvalue weighted by Crippen LogP contribution is 2.56. The molecular weight excluding hydrogens is 208 g/mol. The fourth-order valence-corrected chi connectivity index (χ4v) is 3.99. The van der Waals surface area contributed by atoms with Crippen LogP contribution in [0.4, 0.5) is 0 Å². The number of hydrogen-bond acceptors (Lipinski definition) is 1. The summed E-state index contributed by atoms with van der Waals surface area (Å²) in [5.41, 5.74) is 0.170. The molecule has 0 saturated heterocycles. The van der Waals surface area contributed by atoms with E-state index in [1.807, 2.05) is 0 Å². The molecule has 103 valence electrons. The number of aliphatic hydroxyl groups is 1. The summed E-state index contributed by atoms with van der Waals surface area (Å²) in [5, 5.41) is 10.7. The molecule has 0 rings (SSSR count). The van der Waals surface area contributed by atoms with Gasteiger partial charge in [0, 0.05) is 5.41 Å². The van der Waals surface area contributed by atoms with Gasteiger partial charge in [0.25, 0.3) is 0 Å². The van der Waals surface area contributed by atoms with E-state index >= 15 is 0 Å². The minimum absolute atomic E-state index is 0.0387. The summed E-state index contributed by atoms with van der Waals surface area (Å²) in [6.07, 6.45) is 4.80. The standard InChI is InChI=1S/C16H33O/c1-9-11-12-13(17)16(10-2,14(3,4)5)15(6,7)8/h9,13,17H,10-12H2,1-8H3. The molecule has 0 aromatic rings. The Bertz CT molecular complexity index is 203. The van der Waals surface area contributed by atoms with Gasteiger partial charge in [-0.05, 0) is 36.5 Å². The highest BCUT2D eigenvalue weighted by Gasteiger charge is 2.53. The summed E-state index contributed by atoms with van der Waals surface area (Å²) in [4.78, 5) is 0. The van der Waals surface area contributed by atoms with Gasteiger partial charge in [-0.25, -0.2) is 0 Å². The normalized spacial score (nSPS) is 16.1. The molecule has 1 heteroatoms. The molecule has 0 aromatic carbocycles. The fourth-order valence-electron chi connectivity index (χ4n) is 3.99. The zero-order valence-electron chi connectivity index (χ0n) is 13.2. The smallest absolute Gasteiger partial charge is 0.0606 e. The van der Waals surface area contributed by atoms with E-state index < -0.39 is 0 Å². The predicted octanol–water partition coefficient (Wildman–Crippen LogP) is 4.84. The second kappa shape index (κ2) is 5.73. The van der Waals surface area contributed by atoms with Crippen LogP contribution < -0.4 is 0 Å². The van der Waals surface area contributed by atoms with Crippen molar-refractivity contribution in [3.05, 3.63) is 6.42 Å². The molecule has 1 atom stereocenters. The van der Waals surface area contributed by atoms with Gasteiger partial charge in [-0.15, -0.1) is 0 Å². The van der Waals surface area contributed by atoms with E-state index in [4.69, 9.17) is 0 Å². The van der Waals surface area contributed by atoms with E-state index in [2.05, 4.69) is 61.8 Å². The summed E-state index contributed by atoms with van der Waals surface area (Å²) in [7, 11) is 0. The van der Waals surface area contributed by atoms with Gasteiger partial charge in [0.1, 0.15) is 0 Å². The zero-order valence-corrected chi connectivity index (χ0v) is 13.2. The van der Waals surface area contributed by atoms with Gasteiger partial charge < -0.3 is 5.11 Å². The first-order valence-electron chi connectivity index (χ1n) is 7.00. The SMILES string of the molecule is C[CH]CCC(O)C(CC)(C(C)(C)C)C(C)(C)C. The summed E-state index contributed by atoms with van der Waals surface area (Å²) < 4.78 is 0. The second-order valence-electron chi connectivity index (χ2n) is 7.33. The third-order valence-electron chi connectivity index (χ3n) is 4.53. The van der Waals surface area contributed by atoms with Crippen molar-refractivity contribution in [2.24, 2.45) is 16.2 Å². The van der Waals surface area contributed by atoms with Crippen LogP contribution in [0.1, 0.15) is 74.7 Å². The van der Waals surface area contributed by atoms with Crippen molar-refractivity contribution in [3.8, 4) is 0 Å². The molecule has 0 aliphatic heterocycles. The van der Waals surface area contributed by atoms with Gasteiger partial charge >= 0.3 is 0 Å². The van der Waals surface area contributed by atoms with Gasteiger partial charge in [-0.2, -0.15) is 0 Å². The Balaban J connectivity index is 5.36. The van der Waals surface area contributed by atoms with Crippen LogP contribution >= 0.6 is 0 Å². The Morgan fingerprint density at radius 3 is 1.65 bits per heavy atom. The maximum Gasteiger partial charge on any atom is 0.0606 e. The van der Waals surface area contributed by atoms with Crippen LogP contribution in [-0.4, -0.2) is 11.2 Å². The Hall–Kier alpha value is -0.0400. The Morgan fingerprint density at radius 2 is 1.41 bits per heavy atom. The molecular formula is C16H33O. The van der Waals surface area contributed by atoms with Crippen molar-refractivity contribution in [2.45, 2.75) is 80.8 Å². The van der Waals surface area contributed by atoms with Gasteiger partial charge in [-0.3, -0.25) is 0 Å². The third-order valence-corrected chi connectivity index (χ3v) is 4.53. The van der Waals surface area contributed by atoms with Gasteiger partial charge in [0.05, 0.1) is 6.10 Å². The molecule has 17 heavy (non-hydrogen) atoms. The predicted molar refractivity (Wildman–Crippen MR) is 76.8 cm³/mol. The minimum Gasteiger partial charge on any atom is -0.393 e. The third kappa shape index (κ3) is 3.24. The average Bonchev–Trinajstić information content (AvgIpc) is 2.11. The number of aliphatic hydroxyl groups excluding tert-OH is 1. The van der Waals surface area contributed by atoms with Crippen LogP contribution in [0.5, 0.6) is 0 Å². The van der Waals surface area contributed by atoms with Gasteiger partial charge in [0.2, 0.25) is 0 Å². The first-order chi connectivity index (χ1) is 7.54. The van der Waals surface area contributed by atoms with Crippen molar-refractivity contribution >= 4 is 0 Å². The molecule has 0 amide bonds. The highest BCUT2D eigenvalue weighted by molar-refractivity contribution is 5.02. The van der Waals surface area contributed by atoms with Crippen LogP contribution in [0.25, 0.3) is 0 Å². The van der Waals surface area contributed by atoms with Crippen molar-refractivity contribution in [3.63, 3.8) is 0 Å². The lowest BCUT2D eigenvalue weighted by atomic mass is 9.50. The molecule has 0 spiro atoms. The van der Waals surface area contributed by atoms with Crippen molar-refractivity contribution in [2.75, 3.05) is 0 Å². The van der Waals surface area contributed by atoms with Crippen LogP contribution in [-0.2, 0) is 0 Å². The fraction of sp³-hybridized carbons (Fsp3) is 0.938. The summed E-state index contributed by atoms with van der Waals surface area (Å²) >= 11 is 0. The summed E-state index contributed by atoms with van der Waals surface area (Å²) in [6, 6.07) is 0. The zero-order chi connectivity index (χ0) is 13.9. The van der Waals surface area contributed by atoms with Gasteiger partial charge in [0.15, 0.2) is 0 Å². The van der Waals surface area contributed by atoms with E-state index in [1.165, 1.54) is 0 Å². The number of hydrogen-bond donors (Lipinski definition) is 1. The van der Waals surface area contributed by atoms with Crippen LogP contribution in [0.3, 0.4) is 0 Å². The van der Waals surface area contributed by atoms with Crippen LogP contribution in [0, 0.1) is 22.7 Å². The molecule has 0 saturated carbocycles. The molecule has 0 aromatic heterocycles. The average molecular weight is 241 g/mol. The van der Waals surface area contributed by atoms with Gasteiger partial charge in [-0.1, -0.05) is 55.4 Å². The molecule has 1 unspecified atom stereocenters.